The van der Waals surface area contributed by atoms with Crippen molar-refractivity contribution in [3.63, 3.8) is 0 Å². The molecule has 1 unspecified atom stereocenters. The number of rotatable bonds is 15. The Kier molecular flexibility index (Phi) is 11.5. The third-order valence-electron chi connectivity index (χ3n) is 5.11. The van der Waals surface area contributed by atoms with E-state index in [9.17, 15) is 4.79 Å². The van der Waals surface area contributed by atoms with E-state index >= 15 is 0 Å². The topological polar surface area (TPSA) is 44.8 Å². The maximum atomic E-state index is 12.3. The molecule has 0 radical (unpaired) electrons. The van der Waals surface area contributed by atoms with Gasteiger partial charge in [-0.1, -0.05) is 84.1 Å². The number of unbranched alkanes of at least 4 members (excludes halogenated alkanes) is 10. The summed E-state index contributed by atoms with van der Waals surface area (Å²) in [6.07, 6.45) is 15.8. The van der Waals surface area contributed by atoms with Crippen molar-refractivity contribution >= 4 is 14.6 Å². The molecule has 1 atom stereocenters. The molecule has 0 N–H and O–H groups in total. The van der Waals surface area contributed by atoms with Gasteiger partial charge in [0, 0.05) is 0 Å². The Balaban J connectivity index is 1.70. The Bertz CT molecular complexity index is 576. The number of carbonyl (C=O) groups is 1. The van der Waals surface area contributed by atoms with Gasteiger partial charge in [-0.15, -0.1) is 0 Å². The summed E-state index contributed by atoms with van der Waals surface area (Å²) in [5.74, 6) is 0.275. The van der Waals surface area contributed by atoms with Crippen molar-refractivity contribution < 1.29 is 18.4 Å². The molecule has 5 heteroatoms. The van der Waals surface area contributed by atoms with Crippen LogP contribution in [0.25, 0.3) is 0 Å². The fraction of sp³-hybridized carbons (Fsp3) is 0.696. The highest BCUT2D eigenvalue weighted by Crippen LogP contribution is 2.47. The second kappa shape index (κ2) is 14.0. The molecule has 0 saturated heterocycles. The molecular formula is C23H37O4P. The van der Waals surface area contributed by atoms with Gasteiger partial charge in [0.05, 0.1) is 6.61 Å². The minimum absolute atomic E-state index is 0.319. The lowest BCUT2D eigenvalue weighted by Crippen LogP contribution is -2.14. The molecule has 0 spiro atoms. The summed E-state index contributed by atoms with van der Waals surface area (Å²) in [5, 5.41) is 0. The molecule has 0 amide bonds. The standard InChI is InChI=1S/C23H37O4P/c1-3-5-7-9-11-13-15-20-16-17-22-21(19-20)23(24)27-28(26-22)25-18-14-12-10-8-6-4-2/h16-17,19H,3-15,18H2,1-2H3. The van der Waals surface area contributed by atoms with Crippen molar-refractivity contribution in [2.24, 2.45) is 0 Å². The lowest BCUT2D eigenvalue weighted by Gasteiger charge is -2.23. The molecule has 1 aromatic carbocycles. The van der Waals surface area contributed by atoms with E-state index in [4.69, 9.17) is 13.6 Å². The van der Waals surface area contributed by atoms with Crippen LogP contribution >= 0.6 is 8.60 Å². The highest BCUT2D eigenvalue weighted by molar-refractivity contribution is 7.43. The molecular weight excluding hydrogens is 371 g/mol. The minimum atomic E-state index is -1.60. The summed E-state index contributed by atoms with van der Waals surface area (Å²) < 4.78 is 16.8. The summed E-state index contributed by atoms with van der Waals surface area (Å²) in [5.41, 5.74) is 1.71. The van der Waals surface area contributed by atoms with E-state index in [1.807, 2.05) is 12.1 Å². The van der Waals surface area contributed by atoms with E-state index in [2.05, 4.69) is 19.9 Å². The Morgan fingerprint density at radius 3 is 2.18 bits per heavy atom. The number of benzene rings is 1. The second-order valence-corrected chi connectivity index (χ2v) is 8.71. The van der Waals surface area contributed by atoms with Crippen molar-refractivity contribution in [2.75, 3.05) is 6.61 Å². The zero-order valence-corrected chi connectivity index (χ0v) is 18.6. The lowest BCUT2D eigenvalue weighted by molar-refractivity contribution is 0.0671. The summed E-state index contributed by atoms with van der Waals surface area (Å²) >= 11 is 0. The number of aryl methyl sites for hydroxylation is 1. The average Bonchev–Trinajstić information content (AvgIpc) is 2.70. The quantitative estimate of drug-likeness (QED) is 0.220. The zero-order chi connectivity index (χ0) is 20.0. The predicted molar refractivity (Wildman–Crippen MR) is 116 cm³/mol. The first-order valence-electron chi connectivity index (χ1n) is 11.2. The van der Waals surface area contributed by atoms with Gasteiger partial charge >= 0.3 is 14.6 Å². The number of fused-ring (bicyclic) bond motifs is 1. The fourth-order valence-corrected chi connectivity index (χ4v) is 4.35. The van der Waals surface area contributed by atoms with Crippen LogP contribution in [0.4, 0.5) is 0 Å². The number of hydrogen-bond acceptors (Lipinski definition) is 4. The normalized spacial score (nSPS) is 15.8. The molecule has 0 aliphatic carbocycles. The highest BCUT2D eigenvalue weighted by atomic mass is 31.2. The Morgan fingerprint density at radius 1 is 0.821 bits per heavy atom. The van der Waals surface area contributed by atoms with Crippen molar-refractivity contribution in [1.29, 1.82) is 0 Å². The number of carbonyl (C=O) groups excluding carboxylic acids is 1. The molecule has 0 saturated carbocycles. The molecule has 2 rings (SSSR count). The van der Waals surface area contributed by atoms with E-state index in [1.54, 1.807) is 0 Å². The Morgan fingerprint density at radius 2 is 1.46 bits per heavy atom. The lowest BCUT2D eigenvalue weighted by atomic mass is 10.0. The van der Waals surface area contributed by atoms with Crippen LogP contribution in [0.1, 0.15) is 107 Å². The van der Waals surface area contributed by atoms with Crippen LogP contribution in [-0.4, -0.2) is 12.6 Å². The molecule has 4 nitrogen and oxygen atoms in total. The van der Waals surface area contributed by atoms with Gasteiger partial charge in [0.25, 0.3) is 0 Å². The van der Waals surface area contributed by atoms with Crippen molar-refractivity contribution in [2.45, 2.75) is 97.3 Å². The second-order valence-electron chi connectivity index (χ2n) is 7.64. The van der Waals surface area contributed by atoms with Gasteiger partial charge < -0.3 is 9.05 Å². The van der Waals surface area contributed by atoms with Crippen LogP contribution in [0.2, 0.25) is 0 Å². The molecule has 28 heavy (non-hydrogen) atoms. The van der Waals surface area contributed by atoms with Crippen LogP contribution in [0, 0.1) is 0 Å². The monoisotopic (exact) mass is 408 g/mol. The Hall–Kier alpha value is -1.12. The maximum Gasteiger partial charge on any atom is 0.465 e. The largest absolute Gasteiger partial charge is 0.465 e. The van der Waals surface area contributed by atoms with E-state index in [0.29, 0.717) is 17.9 Å². The smallest absolute Gasteiger partial charge is 0.417 e. The molecule has 1 aliphatic heterocycles. The van der Waals surface area contributed by atoms with E-state index in [1.165, 1.54) is 63.4 Å². The molecule has 1 aliphatic rings. The summed E-state index contributed by atoms with van der Waals surface area (Å²) in [7, 11) is -1.60. The van der Waals surface area contributed by atoms with E-state index < -0.39 is 8.60 Å². The van der Waals surface area contributed by atoms with Gasteiger partial charge in [-0.3, -0.25) is 4.52 Å². The predicted octanol–water partition coefficient (Wildman–Crippen LogP) is 7.74. The van der Waals surface area contributed by atoms with Gasteiger partial charge in [-0.05, 0) is 37.0 Å². The maximum absolute atomic E-state index is 12.3. The third-order valence-corrected chi connectivity index (χ3v) is 6.16. The van der Waals surface area contributed by atoms with Crippen LogP contribution in [0.3, 0.4) is 0 Å². The fourth-order valence-electron chi connectivity index (χ4n) is 3.37. The summed E-state index contributed by atoms with van der Waals surface area (Å²) in [6.45, 7) is 5.03. The molecule has 0 bridgehead atoms. The molecule has 1 heterocycles. The van der Waals surface area contributed by atoms with Gasteiger partial charge in [-0.2, -0.15) is 0 Å². The van der Waals surface area contributed by atoms with E-state index in [-0.39, 0.29) is 5.97 Å². The van der Waals surface area contributed by atoms with Gasteiger partial charge in [-0.25, -0.2) is 4.79 Å². The van der Waals surface area contributed by atoms with Crippen molar-refractivity contribution in [1.82, 2.24) is 0 Å². The molecule has 0 fully saturated rings. The molecule has 1 aromatic rings. The Labute approximate surface area is 172 Å². The average molecular weight is 409 g/mol. The van der Waals surface area contributed by atoms with Crippen LogP contribution in [-0.2, 0) is 15.5 Å². The highest BCUT2D eigenvalue weighted by Gasteiger charge is 2.30. The van der Waals surface area contributed by atoms with Crippen LogP contribution < -0.4 is 4.52 Å². The third kappa shape index (κ3) is 8.49. The summed E-state index contributed by atoms with van der Waals surface area (Å²) in [4.78, 5) is 12.3. The SMILES string of the molecule is CCCCCCCCOP1OC(=O)c2cc(CCCCCCCC)ccc2O1. The number of hydrogen-bond donors (Lipinski definition) is 0. The first-order chi connectivity index (χ1) is 13.7. The molecule has 0 aromatic heterocycles. The van der Waals surface area contributed by atoms with Gasteiger partial charge in [0.1, 0.15) is 11.3 Å². The van der Waals surface area contributed by atoms with Crippen LogP contribution in [0.15, 0.2) is 18.2 Å². The van der Waals surface area contributed by atoms with Gasteiger partial charge in [0.2, 0.25) is 0 Å². The summed E-state index contributed by atoms with van der Waals surface area (Å²) in [6, 6.07) is 5.88. The van der Waals surface area contributed by atoms with Gasteiger partial charge in [0.15, 0.2) is 0 Å². The first kappa shape index (κ1) is 23.2. The van der Waals surface area contributed by atoms with Crippen LogP contribution in [0.5, 0.6) is 5.75 Å². The molecule has 158 valence electrons. The van der Waals surface area contributed by atoms with Crippen molar-refractivity contribution in [3.8, 4) is 5.75 Å². The van der Waals surface area contributed by atoms with E-state index in [0.717, 1.165) is 25.7 Å². The minimum Gasteiger partial charge on any atom is -0.417 e. The zero-order valence-electron chi connectivity index (χ0n) is 17.7. The first-order valence-corrected chi connectivity index (χ1v) is 12.3. The van der Waals surface area contributed by atoms with Crippen molar-refractivity contribution in [3.05, 3.63) is 29.3 Å².